The normalized spacial score (nSPS) is 27.1. The Kier molecular flexibility index (Phi) is 12.8. The zero-order valence-corrected chi connectivity index (χ0v) is 25.7. The van der Waals surface area contributed by atoms with E-state index in [2.05, 4.69) is 0 Å². The van der Waals surface area contributed by atoms with Gasteiger partial charge in [0.15, 0.2) is 6.29 Å². The van der Waals surface area contributed by atoms with Crippen molar-refractivity contribution in [2.45, 2.75) is 94.5 Å². The van der Waals surface area contributed by atoms with Gasteiger partial charge in [-0.1, -0.05) is 91.0 Å². The Labute approximate surface area is 261 Å². The van der Waals surface area contributed by atoms with Crippen LogP contribution in [0.15, 0.2) is 91.0 Å². The van der Waals surface area contributed by atoms with Crippen LogP contribution in [-0.4, -0.2) is 75.0 Å². The monoisotopic (exact) mass is 606 g/mol. The lowest BCUT2D eigenvalue weighted by molar-refractivity contribution is -0.277. The fraction of sp³-hybridized carbons (Fsp3) is 0.500. The van der Waals surface area contributed by atoms with Crippen LogP contribution in [0.4, 0.5) is 0 Å². The first kappa shape index (κ1) is 32.7. The number of rotatable bonds is 15. The minimum absolute atomic E-state index is 0.294. The molecule has 2 aliphatic heterocycles. The number of ether oxygens (including phenoxy) is 7. The van der Waals surface area contributed by atoms with Crippen molar-refractivity contribution >= 4 is 0 Å². The van der Waals surface area contributed by atoms with Gasteiger partial charge in [0, 0.05) is 20.6 Å². The topological polar surface area (TPSA) is 84.8 Å². The molecule has 1 N–H and O–H groups in total. The molecule has 8 nitrogen and oxygen atoms in total. The van der Waals surface area contributed by atoms with Crippen molar-refractivity contribution in [2.75, 3.05) is 20.8 Å². The maximum Gasteiger partial charge on any atom is 0.156 e. The molecule has 2 saturated heterocycles. The summed E-state index contributed by atoms with van der Waals surface area (Å²) in [7, 11) is 3.23. The lowest BCUT2D eigenvalue weighted by atomic mass is 9.92. The summed E-state index contributed by atoms with van der Waals surface area (Å²) in [5.74, 6) is 0. The van der Waals surface area contributed by atoms with Crippen LogP contribution in [0.2, 0.25) is 0 Å². The molecule has 3 aromatic carbocycles. The molecule has 2 heterocycles. The SMILES string of the molecule is COC(CC[C@@H]1O[C@@H]2[C@@H](OCc3ccccc3)[C@H](OCc3ccccc3)[C@@H](COCc3ccccc3)O[C@H]2CC[C@H]1O)OC. The highest BCUT2D eigenvalue weighted by atomic mass is 16.7. The molecule has 0 aliphatic carbocycles. The molecule has 0 spiro atoms. The van der Waals surface area contributed by atoms with Crippen LogP contribution in [0.25, 0.3) is 0 Å². The van der Waals surface area contributed by atoms with E-state index in [0.29, 0.717) is 52.1 Å². The third-order valence-corrected chi connectivity index (χ3v) is 8.41. The smallest absolute Gasteiger partial charge is 0.156 e. The molecule has 0 bridgehead atoms. The Hall–Kier alpha value is -2.66. The van der Waals surface area contributed by atoms with Crippen LogP contribution in [0.3, 0.4) is 0 Å². The van der Waals surface area contributed by atoms with Crippen LogP contribution in [-0.2, 0) is 53.0 Å². The van der Waals surface area contributed by atoms with E-state index in [1.54, 1.807) is 14.2 Å². The van der Waals surface area contributed by atoms with Gasteiger partial charge in [0.05, 0.1) is 44.7 Å². The van der Waals surface area contributed by atoms with Gasteiger partial charge in [0.25, 0.3) is 0 Å². The lowest BCUT2D eigenvalue weighted by Crippen LogP contribution is -2.61. The van der Waals surface area contributed by atoms with Gasteiger partial charge < -0.3 is 38.3 Å². The zero-order valence-electron chi connectivity index (χ0n) is 25.7. The first-order valence-electron chi connectivity index (χ1n) is 15.6. The highest BCUT2D eigenvalue weighted by molar-refractivity contribution is 5.15. The summed E-state index contributed by atoms with van der Waals surface area (Å²) in [5.41, 5.74) is 3.21. The Bertz CT molecular complexity index is 1190. The Balaban J connectivity index is 1.39. The lowest BCUT2D eigenvalue weighted by Gasteiger charge is -2.46. The minimum atomic E-state index is -0.648. The number of benzene rings is 3. The zero-order chi connectivity index (χ0) is 30.6. The van der Waals surface area contributed by atoms with Gasteiger partial charge in [0.2, 0.25) is 0 Å². The highest BCUT2D eigenvalue weighted by Crippen LogP contribution is 2.36. The molecule has 2 aliphatic rings. The molecule has 0 saturated carbocycles. The standard InChI is InChI=1S/C36H46O8/c1-38-33(39-2)21-20-30-29(37)18-19-31-35(44-30)36(42-24-28-16-10-5-11-17-28)34(41-23-27-14-8-4-9-15-27)32(43-31)25-40-22-26-12-6-3-7-13-26/h3-17,29-37H,18-25H2,1-2H3/t29-,30+,31+,32-,34-,35+,36+/m1/s1. The van der Waals surface area contributed by atoms with Crippen molar-refractivity contribution < 1.29 is 38.3 Å². The van der Waals surface area contributed by atoms with Gasteiger partial charge >= 0.3 is 0 Å². The summed E-state index contributed by atoms with van der Waals surface area (Å²) in [4.78, 5) is 0. The predicted molar refractivity (Wildman–Crippen MR) is 166 cm³/mol. The van der Waals surface area contributed by atoms with Crippen LogP contribution in [0.1, 0.15) is 42.4 Å². The summed E-state index contributed by atoms with van der Waals surface area (Å²) in [5, 5.41) is 11.1. The molecule has 0 amide bonds. The van der Waals surface area contributed by atoms with Crippen LogP contribution in [0.5, 0.6) is 0 Å². The summed E-state index contributed by atoms with van der Waals surface area (Å²) >= 11 is 0. The molecule has 2 fully saturated rings. The summed E-state index contributed by atoms with van der Waals surface area (Å²) in [6.07, 6.45) is -1.18. The molecule has 7 atom stereocenters. The second kappa shape index (κ2) is 17.1. The van der Waals surface area contributed by atoms with Gasteiger partial charge in [-0.05, 0) is 36.0 Å². The molecule has 8 heteroatoms. The molecule has 0 aromatic heterocycles. The van der Waals surface area contributed by atoms with Gasteiger partial charge in [-0.3, -0.25) is 0 Å². The predicted octanol–water partition coefficient (Wildman–Crippen LogP) is 5.45. The molecule has 3 aromatic rings. The van der Waals surface area contributed by atoms with Crippen molar-refractivity contribution in [2.24, 2.45) is 0 Å². The number of fused-ring (bicyclic) bond motifs is 1. The van der Waals surface area contributed by atoms with E-state index in [1.165, 1.54) is 0 Å². The maximum atomic E-state index is 11.1. The van der Waals surface area contributed by atoms with E-state index in [4.69, 9.17) is 33.2 Å². The van der Waals surface area contributed by atoms with Gasteiger partial charge in [-0.25, -0.2) is 0 Å². The third kappa shape index (κ3) is 9.19. The average molecular weight is 607 g/mol. The van der Waals surface area contributed by atoms with Crippen molar-refractivity contribution in [1.29, 1.82) is 0 Å². The summed E-state index contributed by atoms with van der Waals surface area (Å²) < 4.78 is 43.9. The quantitative estimate of drug-likeness (QED) is 0.229. The van der Waals surface area contributed by atoms with Crippen LogP contribution in [0, 0.1) is 0 Å². The first-order valence-corrected chi connectivity index (χ1v) is 15.6. The molecule has 44 heavy (non-hydrogen) atoms. The molecular formula is C36H46O8. The Morgan fingerprint density at radius 1 is 0.682 bits per heavy atom. The number of aliphatic hydroxyl groups excluding tert-OH is 1. The van der Waals surface area contributed by atoms with E-state index in [9.17, 15) is 5.11 Å². The molecule has 0 unspecified atom stereocenters. The number of hydrogen-bond donors (Lipinski definition) is 1. The third-order valence-electron chi connectivity index (χ3n) is 8.41. The largest absolute Gasteiger partial charge is 0.390 e. The van der Waals surface area contributed by atoms with E-state index in [0.717, 1.165) is 16.7 Å². The van der Waals surface area contributed by atoms with Crippen molar-refractivity contribution in [1.82, 2.24) is 0 Å². The van der Waals surface area contributed by atoms with Crippen LogP contribution >= 0.6 is 0 Å². The van der Waals surface area contributed by atoms with E-state index >= 15 is 0 Å². The van der Waals surface area contributed by atoms with Crippen molar-refractivity contribution in [3.63, 3.8) is 0 Å². The van der Waals surface area contributed by atoms with Gasteiger partial charge in [-0.15, -0.1) is 0 Å². The maximum absolute atomic E-state index is 11.1. The fourth-order valence-corrected chi connectivity index (χ4v) is 6.02. The summed E-state index contributed by atoms with van der Waals surface area (Å²) in [6, 6.07) is 30.3. The molecule has 238 valence electrons. The minimum Gasteiger partial charge on any atom is -0.390 e. The van der Waals surface area contributed by atoms with Crippen molar-refractivity contribution in [3.8, 4) is 0 Å². The number of hydrogen-bond acceptors (Lipinski definition) is 8. The molecule has 5 rings (SSSR count). The second-order valence-electron chi connectivity index (χ2n) is 11.5. The highest BCUT2D eigenvalue weighted by Gasteiger charge is 2.50. The van der Waals surface area contributed by atoms with E-state index < -0.39 is 36.6 Å². The molecular weight excluding hydrogens is 560 g/mol. The summed E-state index contributed by atoms with van der Waals surface area (Å²) in [6.45, 7) is 1.58. The second-order valence-corrected chi connectivity index (χ2v) is 11.5. The van der Waals surface area contributed by atoms with E-state index in [1.807, 2.05) is 91.0 Å². The van der Waals surface area contributed by atoms with Gasteiger partial charge in [-0.2, -0.15) is 0 Å². The Morgan fingerprint density at radius 2 is 1.23 bits per heavy atom. The molecule has 0 radical (unpaired) electrons. The average Bonchev–Trinajstić information content (AvgIpc) is 3.23. The first-order chi connectivity index (χ1) is 21.6. The van der Waals surface area contributed by atoms with Gasteiger partial charge in [0.1, 0.15) is 24.4 Å². The fourth-order valence-electron chi connectivity index (χ4n) is 6.02. The van der Waals surface area contributed by atoms with E-state index in [-0.39, 0.29) is 12.4 Å². The number of aliphatic hydroxyl groups is 1. The number of methoxy groups -OCH3 is 2. The van der Waals surface area contributed by atoms with Crippen molar-refractivity contribution in [3.05, 3.63) is 108 Å². The Morgan fingerprint density at radius 3 is 1.80 bits per heavy atom. The van der Waals surface area contributed by atoms with Crippen LogP contribution < -0.4 is 0 Å².